The van der Waals surface area contributed by atoms with Gasteiger partial charge in [-0.3, -0.25) is 4.79 Å². The SMILES string of the molecule is Cc1nc(NCCC(C)C)cc(C(=O)Nc2ccc(N3CCCCC3)cc2)n1. The lowest BCUT2D eigenvalue weighted by atomic mass is 10.1. The van der Waals surface area contributed by atoms with Crippen molar-refractivity contribution in [1.29, 1.82) is 0 Å². The van der Waals surface area contributed by atoms with E-state index >= 15 is 0 Å². The van der Waals surface area contributed by atoms with Gasteiger partial charge in [0.25, 0.3) is 5.91 Å². The molecule has 1 aliphatic rings. The second kappa shape index (κ2) is 9.53. The molecule has 2 N–H and O–H groups in total. The molecule has 0 atom stereocenters. The number of aryl methyl sites for hydroxylation is 1. The van der Waals surface area contributed by atoms with Gasteiger partial charge in [-0.25, -0.2) is 9.97 Å². The van der Waals surface area contributed by atoms with Gasteiger partial charge in [0, 0.05) is 37.1 Å². The largest absolute Gasteiger partial charge is 0.372 e. The number of hydrogen-bond donors (Lipinski definition) is 2. The van der Waals surface area contributed by atoms with Gasteiger partial charge in [0.2, 0.25) is 0 Å². The van der Waals surface area contributed by atoms with E-state index < -0.39 is 0 Å². The minimum atomic E-state index is -0.219. The van der Waals surface area contributed by atoms with Crippen molar-refractivity contribution in [3.63, 3.8) is 0 Å². The molecule has 6 heteroatoms. The van der Waals surface area contributed by atoms with Crippen LogP contribution in [0.2, 0.25) is 0 Å². The number of aromatic nitrogens is 2. The average Bonchev–Trinajstić information content (AvgIpc) is 2.68. The van der Waals surface area contributed by atoms with Crippen LogP contribution in [0.5, 0.6) is 0 Å². The molecule has 0 spiro atoms. The molecule has 1 fully saturated rings. The summed E-state index contributed by atoms with van der Waals surface area (Å²) >= 11 is 0. The van der Waals surface area contributed by atoms with Gasteiger partial charge in [-0.05, 0) is 62.8 Å². The highest BCUT2D eigenvalue weighted by atomic mass is 16.1. The number of nitrogens with one attached hydrogen (secondary N) is 2. The Hall–Kier alpha value is -2.63. The van der Waals surface area contributed by atoms with Crippen LogP contribution in [0.3, 0.4) is 0 Å². The number of piperidine rings is 1. The summed E-state index contributed by atoms with van der Waals surface area (Å²) in [5, 5.41) is 6.22. The highest BCUT2D eigenvalue weighted by Crippen LogP contribution is 2.22. The van der Waals surface area contributed by atoms with Crippen LogP contribution in [0.25, 0.3) is 0 Å². The molecule has 28 heavy (non-hydrogen) atoms. The number of amides is 1. The molecule has 1 aromatic heterocycles. The van der Waals surface area contributed by atoms with E-state index in [-0.39, 0.29) is 5.91 Å². The fraction of sp³-hybridized carbons (Fsp3) is 0.500. The van der Waals surface area contributed by atoms with Crippen molar-refractivity contribution in [3.05, 3.63) is 41.9 Å². The van der Waals surface area contributed by atoms with Crippen molar-refractivity contribution in [2.75, 3.05) is 35.2 Å². The smallest absolute Gasteiger partial charge is 0.274 e. The number of benzene rings is 1. The quantitative estimate of drug-likeness (QED) is 0.740. The van der Waals surface area contributed by atoms with Crippen LogP contribution in [0.15, 0.2) is 30.3 Å². The van der Waals surface area contributed by atoms with Crippen molar-refractivity contribution in [2.24, 2.45) is 5.92 Å². The van der Waals surface area contributed by atoms with Gasteiger partial charge in [-0.2, -0.15) is 0 Å². The van der Waals surface area contributed by atoms with Gasteiger partial charge >= 0.3 is 0 Å². The molecule has 1 aliphatic heterocycles. The monoisotopic (exact) mass is 381 g/mol. The third-order valence-electron chi connectivity index (χ3n) is 4.94. The van der Waals surface area contributed by atoms with E-state index in [4.69, 9.17) is 0 Å². The zero-order valence-electron chi connectivity index (χ0n) is 17.2. The molecule has 2 aromatic rings. The summed E-state index contributed by atoms with van der Waals surface area (Å²) < 4.78 is 0. The van der Waals surface area contributed by atoms with Gasteiger partial charge in [-0.15, -0.1) is 0 Å². The summed E-state index contributed by atoms with van der Waals surface area (Å²) in [4.78, 5) is 23.7. The fourth-order valence-electron chi connectivity index (χ4n) is 3.37. The first-order chi connectivity index (χ1) is 13.5. The van der Waals surface area contributed by atoms with Crippen molar-refractivity contribution in [3.8, 4) is 0 Å². The van der Waals surface area contributed by atoms with Gasteiger partial charge in [-0.1, -0.05) is 13.8 Å². The number of carbonyl (C=O) groups is 1. The molecule has 150 valence electrons. The Balaban J connectivity index is 1.62. The first-order valence-electron chi connectivity index (χ1n) is 10.3. The van der Waals surface area contributed by atoms with Crippen LogP contribution in [0, 0.1) is 12.8 Å². The highest BCUT2D eigenvalue weighted by molar-refractivity contribution is 6.03. The zero-order valence-corrected chi connectivity index (χ0v) is 17.2. The number of rotatable bonds is 7. The lowest BCUT2D eigenvalue weighted by molar-refractivity contribution is 0.102. The standard InChI is InChI=1S/C22H31N5O/c1-16(2)11-12-23-21-15-20(24-17(3)25-21)22(28)26-18-7-9-19(10-8-18)27-13-5-4-6-14-27/h7-10,15-16H,4-6,11-14H2,1-3H3,(H,26,28)(H,23,24,25). The lowest BCUT2D eigenvalue weighted by Gasteiger charge is -2.28. The third kappa shape index (κ3) is 5.68. The van der Waals surface area contributed by atoms with Crippen LogP contribution in [0.1, 0.15) is 55.8 Å². The van der Waals surface area contributed by atoms with Gasteiger partial charge in [0.1, 0.15) is 17.3 Å². The van der Waals surface area contributed by atoms with E-state index in [0.717, 1.165) is 31.7 Å². The van der Waals surface area contributed by atoms with Gasteiger partial charge in [0.15, 0.2) is 0 Å². The molecule has 1 saturated heterocycles. The Morgan fingerprint density at radius 3 is 2.50 bits per heavy atom. The molecule has 2 heterocycles. The molecule has 3 rings (SSSR count). The van der Waals surface area contributed by atoms with Crippen LogP contribution in [-0.4, -0.2) is 35.5 Å². The van der Waals surface area contributed by atoms with Crippen LogP contribution < -0.4 is 15.5 Å². The summed E-state index contributed by atoms with van der Waals surface area (Å²) in [5.41, 5.74) is 2.36. The maximum atomic E-state index is 12.6. The van der Waals surface area contributed by atoms with E-state index in [1.54, 1.807) is 13.0 Å². The second-order valence-electron chi connectivity index (χ2n) is 7.84. The molecule has 0 unspecified atom stereocenters. The van der Waals surface area contributed by atoms with Crippen LogP contribution in [0.4, 0.5) is 17.2 Å². The Labute approximate surface area is 167 Å². The fourth-order valence-corrected chi connectivity index (χ4v) is 3.37. The van der Waals surface area contributed by atoms with Crippen LogP contribution >= 0.6 is 0 Å². The summed E-state index contributed by atoms with van der Waals surface area (Å²) in [6.07, 6.45) is 4.86. The average molecular weight is 382 g/mol. The summed E-state index contributed by atoms with van der Waals surface area (Å²) in [6.45, 7) is 9.21. The minimum absolute atomic E-state index is 0.219. The number of hydrogen-bond acceptors (Lipinski definition) is 5. The molecule has 0 bridgehead atoms. The maximum Gasteiger partial charge on any atom is 0.274 e. The Morgan fingerprint density at radius 1 is 1.11 bits per heavy atom. The van der Waals surface area contributed by atoms with Crippen molar-refractivity contribution in [2.45, 2.75) is 46.5 Å². The van der Waals surface area contributed by atoms with E-state index in [2.05, 4.69) is 51.5 Å². The van der Waals surface area contributed by atoms with E-state index in [1.165, 1.54) is 24.9 Å². The Morgan fingerprint density at radius 2 is 1.82 bits per heavy atom. The third-order valence-corrected chi connectivity index (χ3v) is 4.94. The van der Waals surface area contributed by atoms with E-state index in [9.17, 15) is 4.79 Å². The molecular weight excluding hydrogens is 350 g/mol. The first-order valence-corrected chi connectivity index (χ1v) is 10.3. The van der Waals surface area contributed by atoms with E-state index in [0.29, 0.717) is 23.3 Å². The molecule has 0 saturated carbocycles. The molecule has 0 aliphatic carbocycles. The normalized spacial score (nSPS) is 14.2. The molecule has 1 amide bonds. The van der Waals surface area contributed by atoms with Crippen molar-refractivity contribution >= 4 is 23.1 Å². The molecule has 6 nitrogen and oxygen atoms in total. The van der Waals surface area contributed by atoms with Gasteiger partial charge < -0.3 is 15.5 Å². The minimum Gasteiger partial charge on any atom is -0.372 e. The van der Waals surface area contributed by atoms with E-state index in [1.807, 2.05) is 12.1 Å². The Bertz CT molecular complexity index is 782. The molecule has 0 radical (unpaired) electrons. The number of carbonyl (C=O) groups excluding carboxylic acids is 1. The van der Waals surface area contributed by atoms with Crippen molar-refractivity contribution < 1.29 is 4.79 Å². The Kier molecular flexibility index (Phi) is 6.85. The molecule has 1 aromatic carbocycles. The maximum absolute atomic E-state index is 12.6. The van der Waals surface area contributed by atoms with Gasteiger partial charge in [0.05, 0.1) is 0 Å². The van der Waals surface area contributed by atoms with Crippen molar-refractivity contribution in [1.82, 2.24) is 9.97 Å². The highest BCUT2D eigenvalue weighted by Gasteiger charge is 2.13. The number of nitrogens with zero attached hydrogens (tertiary/aromatic N) is 3. The zero-order chi connectivity index (χ0) is 19.9. The number of anilines is 3. The predicted octanol–water partition coefficient (Wildman–Crippen LogP) is 4.49. The lowest BCUT2D eigenvalue weighted by Crippen LogP contribution is -2.29. The van der Waals surface area contributed by atoms with Crippen LogP contribution in [-0.2, 0) is 0 Å². The topological polar surface area (TPSA) is 70.2 Å². The second-order valence-corrected chi connectivity index (χ2v) is 7.84. The molecular formula is C22H31N5O. The summed E-state index contributed by atoms with van der Waals surface area (Å²) in [5.74, 6) is 1.67. The predicted molar refractivity (Wildman–Crippen MR) is 115 cm³/mol. The summed E-state index contributed by atoms with van der Waals surface area (Å²) in [6, 6.07) is 9.77. The first kappa shape index (κ1) is 20.1. The summed E-state index contributed by atoms with van der Waals surface area (Å²) in [7, 11) is 0.